The molecule has 0 radical (unpaired) electrons. The Kier molecular flexibility index (Phi) is 2.88. The van der Waals surface area contributed by atoms with Crippen molar-refractivity contribution in [2.75, 3.05) is 0 Å². The topological polar surface area (TPSA) is 26.3 Å². The van der Waals surface area contributed by atoms with Crippen molar-refractivity contribution in [2.24, 2.45) is 0 Å². The van der Waals surface area contributed by atoms with Gasteiger partial charge < -0.3 is 4.74 Å². The Bertz CT molecular complexity index is 307. The van der Waals surface area contributed by atoms with Crippen molar-refractivity contribution in [3.05, 3.63) is 47.7 Å². The van der Waals surface area contributed by atoms with Gasteiger partial charge in [0.15, 0.2) is 0 Å². The molecular formula is C9H7ClO2. The summed E-state index contributed by atoms with van der Waals surface area (Å²) in [4.78, 5) is 11.0. The van der Waals surface area contributed by atoms with Crippen LogP contribution in [0.4, 0.5) is 0 Å². The fraction of sp³-hybridized carbons (Fsp3) is 0. The van der Waals surface area contributed by atoms with Crippen molar-refractivity contribution in [3.63, 3.8) is 0 Å². The normalized spacial score (nSPS) is 9.08. The summed E-state index contributed by atoms with van der Waals surface area (Å²) in [5, 5.41) is 0.508. The third-order valence-electron chi connectivity index (χ3n) is 1.25. The highest BCUT2D eigenvalue weighted by molar-refractivity contribution is 6.30. The zero-order valence-corrected chi connectivity index (χ0v) is 7.04. The van der Waals surface area contributed by atoms with Gasteiger partial charge in [0, 0.05) is 5.02 Å². The summed E-state index contributed by atoms with van der Waals surface area (Å²) in [6.45, 7) is 3.27. The van der Waals surface area contributed by atoms with Crippen LogP contribution in [-0.2, 0) is 4.74 Å². The molecule has 0 bridgehead atoms. The molecule has 0 aliphatic heterocycles. The molecule has 0 fully saturated rings. The molecule has 12 heavy (non-hydrogen) atoms. The number of hydrogen-bond donors (Lipinski definition) is 0. The molecule has 0 N–H and O–H groups in total. The third kappa shape index (κ3) is 2.10. The number of hydrogen-bond acceptors (Lipinski definition) is 2. The third-order valence-corrected chi connectivity index (χ3v) is 1.49. The first kappa shape index (κ1) is 8.81. The van der Waals surface area contributed by atoms with E-state index in [-0.39, 0.29) is 0 Å². The molecule has 0 aliphatic carbocycles. The Morgan fingerprint density at radius 2 is 2.33 bits per heavy atom. The average molecular weight is 183 g/mol. The molecule has 0 atom stereocenters. The van der Waals surface area contributed by atoms with Gasteiger partial charge in [-0.1, -0.05) is 24.2 Å². The number of benzene rings is 1. The molecule has 0 aliphatic rings. The molecule has 62 valence electrons. The van der Waals surface area contributed by atoms with E-state index in [1.54, 1.807) is 18.2 Å². The van der Waals surface area contributed by atoms with Crippen LogP contribution >= 0.6 is 11.6 Å². The maximum Gasteiger partial charge on any atom is 0.342 e. The van der Waals surface area contributed by atoms with Crippen LogP contribution in [0.3, 0.4) is 0 Å². The van der Waals surface area contributed by atoms with Gasteiger partial charge in [-0.15, -0.1) is 0 Å². The number of carbonyl (C=O) groups is 1. The highest BCUT2D eigenvalue weighted by Crippen LogP contribution is 2.11. The van der Waals surface area contributed by atoms with Crippen molar-refractivity contribution < 1.29 is 9.53 Å². The second-order valence-electron chi connectivity index (χ2n) is 2.08. The molecule has 0 saturated carbocycles. The van der Waals surface area contributed by atoms with Gasteiger partial charge in [0.25, 0.3) is 0 Å². The van der Waals surface area contributed by atoms with E-state index in [4.69, 9.17) is 11.6 Å². The number of rotatable bonds is 2. The van der Waals surface area contributed by atoms with E-state index < -0.39 is 5.97 Å². The van der Waals surface area contributed by atoms with Crippen LogP contribution in [-0.4, -0.2) is 5.97 Å². The van der Waals surface area contributed by atoms with Gasteiger partial charge >= 0.3 is 5.97 Å². The molecule has 0 heterocycles. The van der Waals surface area contributed by atoms with Crippen LogP contribution in [0.5, 0.6) is 0 Å². The van der Waals surface area contributed by atoms with Gasteiger partial charge in [-0.2, -0.15) is 0 Å². The highest BCUT2D eigenvalue weighted by Gasteiger charge is 2.04. The van der Waals surface area contributed by atoms with Crippen LogP contribution in [0.25, 0.3) is 0 Å². The van der Waals surface area contributed by atoms with Crippen molar-refractivity contribution in [1.82, 2.24) is 0 Å². The maximum absolute atomic E-state index is 11.0. The minimum Gasteiger partial charge on any atom is -0.432 e. The first-order valence-corrected chi connectivity index (χ1v) is 3.69. The molecule has 1 aromatic carbocycles. The zero-order valence-electron chi connectivity index (χ0n) is 6.29. The predicted octanol–water partition coefficient (Wildman–Crippen LogP) is 2.64. The van der Waals surface area contributed by atoms with Crippen molar-refractivity contribution in [2.45, 2.75) is 0 Å². The Balaban J connectivity index is 2.87. The van der Waals surface area contributed by atoms with Gasteiger partial charge in [-0.3, -0.25) is 0 Å². The standard InChI is InChI=1S/C9H7ClO2/c1-2-12-9(11)7-4-3-5-8(10)6-7/h2-6H,1H2. The molecular weight excluding hydrogens is 176 g/mol. The van der Waals surface area contributed by atoms with Crippen LogP contribution < -0.4 is 0 Å². The molecule has 0 amide bonds. The molecule has 2 nitrogen and oxygen atoms in total. The highest BCUT2D eigenvalue weighted by atomic mass is 35.5. The minimum absolute atomic E-state index is 0.419. The Labute approximate surface area is 75.4 Å². The van der Waals surface area contributed by atoms with Crippen LogP contribution in [0, 0.1) is 0 Å². The summed E-state index contributed by atoms with van der Waals surface area (Å²) < 4.78 is 4.55. The smallest absolute Gasteiger partial charge is 0.342 e. The first-order valence-electron chi connectivity index (χ1n) is 3.31. The summed E-state index contributed by atoms with van der Waals surface area (Å²) in [6, 6.07) is 6.53. The summed E-state index contributed by atoms with van der Waals surface area (Å²) in [5.41, 5.74) is 0.419. The molecule has 0 unspecified atom stereocenters. The predicted molar refractivity (Wildman–Crippen MR) is 47.1 cm³/mol. The number of halogens is 1. The van der Waals surface area contributed by atoms with Crippen LogP contribution in [0.2, 0.25) is 5.02 Å². The van der Waals surface area contributed by atoms with E-state index in [1.165, 1.54) is 6.07 Å². The monoisotopic (exact) mass is 182 g/mol. The quantitative estimate of drug-likeness (QED) is 0.519. The Morgan fingerprint density at radius 3 is 2.92 bits per heavy atom. The molecule has 1 aromatic rings. The molecule has 0 spiro atoms. The largest absolute Gasteiger partial charge is 0.432 e. The van der Waals surface area contributed by atoms with Crippen molar-refractivity contribution in [3.8, 4) is 0 Å². The number of esters is 1. The molecule has 1 rings (SSSR count). The SMILES string of the molecule is C=COC(=O)c1cccc(Cl)c1. The Morgan fingerprint density at radius 1 is 1.58 bits per heavy atom. The van der Waals surface area contributed by atoms with Crippen molar-refractivity contribution in [1.29, 1.82) is 0 Å². The van der Waals surface area contributed by atoms with E-state index in [1.807, 2.05) is 0 Å². The number of ether oxygens (including phenoxy) is 1. The second-order valence-corrected chi connectivity index (χ2v) is 2.52. The fourth-order valence-electron chi connectivity index (χ4n) is 0.759. The lowest BCUT2D eigenvalue weighted by Crippen LogP contribution is -1.99. The second kappa shape index (κ2) is 3.93. The van der Waals surface area contributed by atoms with Gasteiger partial charge in [-0.05, 0) is 18.2 Å². The molecule has 0 aromatic heterocycles. The minimum atomic E-state index is -0.451. The van der Waals surface area contributed by atoms with Crippen LogP contribution in [0.1, 0.15) is 10.4 Å². The average Bonchev–Trinajstić information content (AvgIpc) is 2.05. The summed E-state index contributed by atoms with van der Waals surface area (Å²) in [5.74, 6) is -0.451. The fourth-order valence-corrected chi connectivity index (χ4v) is 0.949. The van der Waals surface area contributed by atoms with E-state index in [2.05, 4.69) is 11.3 Å². The van der Waals surface area contributed by atoms with Gasteiger partial charge in [0.05, 0.1) is 11.8 Å². The lowest BCUT2D eigenvalue weighted by atomic mass is 10.2. The lowest BCUT2D eigenvalue weighted by Gasteiger charge is -1.98. The van der Waals surface area contributed by atoms with E-state index in [9.17, 15) is 4.79 Å². The summed E-state index contributed by atoms with van der Waals surface area (Å²) in [7, 11) is 0. The molecule has 3 heteroatoms. The lowest BCUT2D eigenvalue weighted by molar-refractivity contribution is 0.0664. The van der Waals surface area contributed by atoms with Crippen LogP contribution in [0.15, 0.2) is 37.1 Å². The number of carbonyl (C=O) groups excluding carboxylic acids is 1. The van der Waals surface area contributed by atoms with Gasteiger partial charge in [0.1, 0.15) is 0 Å². The molecule has 0 saturated heterocycles. The first-order chi connectivity index (χ1) is 5.74. The maximum atomic E-state index is 11.0. The van der Waals surface area contributed by atoms with E-state index >= 15 is 0 Å². The Hall–Kier alpha value is -1.28. The van der Waals surface area contributed by atoms with Crippen molar-refractivity contribution >= 4 is 17.6 Å². The summed E-state index contributed by atoms with van der Waals surface area (Å²) >= 11 is 5.66. The zero-order chi connectivity index (χ0) is 8.97. The summed E-state index contributed by atoms with van der Waals surface area (Å²) in [6.07, 6.45) is 1.09. The van der Waals surface area contributed by atoms with Gasteiger partial charge in [-0.25, -0.2) is 4.79 Å². The van der Waals surface area contributed by atoms with Gasteiger partial charge in [0.2, 0.25) is 0 Å². The van der Waals surface area contributed by atoms with E-state index in [0.29, 0.717) is 10.6 Å². The van der Waals surface area contributed by atoms with E-state index in [0.717, 1.165) is 6.26 Å².